The molecule has 0 aromatic heterocycles. The molecule has 1 aliphatic heterocycles. The number of carbonyl (C=O) groups is 2. The summed E-state index contributed by atoms with van der Waals surface area (Å²) in [7, 11) is 0. The van der Waals surface area contributed by atoms with Crippen LogP contribution in [0.5, 0.6) is 0 Å². The molecule has 0 radical (unpaired) electrons. The average Bonchev–Trinajstić information content (AvgIpc) is 2.60. The van der Waals surface area contributed by atoms with Crippen LogP contribution in [0.25, 0.3) is 0 Å². The van der Waals surface area contributed by atoms with E-state index in [-0.39, 0.29) is 4.90 Å². The molecule has 29 heavy (non-hydrogen) atoms. The molecule has 1 saturated heterocycles. The van der Waals surface area contributed by atoms with Crippen LogP contribution in [-0.4, -0.2) is 41.5 Å². The van der Waals surface area contributed by atoms with Gasteiger partial charge in [-0.05, 0) is 37.3 Å². The number of amides is 3. The van der Waals surface area contributed by atoms with Crippen molar-refractivity contribution in [2.75, 3.05) is 13.0 Å². The van der Waals surface area contributed by atoms with E-state index in [1.165, 1.54) is 0 Å². The van der Waals surface area contributed by atoms with E-state index in [1.807, 2.05) is 0 Å². The lowest BCUT2D eigenvalue weighted by Crippen LogP contribution is -2.69. The number of nitrogens with one attached hydrogen (secondary N) is 1. The van der Waals surface area contributed by atoms with Gasteiger partial charge in [0.1, 0.15) is 22.2 Å². The van der Waals surface area contributed by atoms with Gasteiger partial charge in [-0.1, -0.05) is 17.7 Å². The van der Waals surface area contributed by atoms with Crippen molar-refractivity contribution in [2.45, 2.75) is 37.4 Å². The van der Waals surface area contributed by atoms with Gasteiger partial charge in [0.05, 0.1) is 11.4 Å². The van der Waals surface area contributed by atoms with Crippen LogP contribution < -0.4 is 11.1 Å². The lowest BCUT2D eigenvalue weighted by atomic mass is 9.59. The first-order valence-corrected chi connectivity index (χ1v) is 8.87. The van der Waals surface area contributed by atoms with Crippen LogP contribution in [-0.2, 0) is 4.79 Å². The Morgan fingerprint density at radius 2 is 2.03 bits per heavy atom. The summed E-state index contributed by atoms with van der Waals surface area (Å²) >= 11 is 5.65. The number of alkyl halides is 3. The Hall–Kier alpha value is -2.10. The molecule has 2 atom stereocenters. The summed E-state index contributed by atoms with van der Waals surface area (Å²) < 4.78 is 100. The zero-order valence-electron chi connectivity index (χ0n) is 18.9. The summed E-state index contributed by atoms with van der Waals surface area (Å²) in [6.45, 7) is -5.48. The van der Waals surface area contributed by atoms with E-state index in [2.05, 4.69) is 0 Å². The lowest BCUT2D eigenvalue weighted by Gasteiger charge is -2.53. The van der Waals surface area contributed by atoms with Crippen molar-refractivity contribution in [1.29, 1.82) is 0 Å². The summed E-state index contributed by atoms with van der Waals surface area (Å²) in [5.41, 5.74) is 2.28. The smallest absolute Gasteiger partial charge is 0.352 e. The quantitative estimate of drug-likeness (QED) is 0.553. The highest BCUT2D eigenvalue weighted by Gasteiger charge is 2.59. The minimum atomic E-state index is -4.59. The topological polar surface area (TPSA) is 75.4 Å². The van der Waals surface area contributed by atoms with Crippen LogP contribution in [0.15, 0.2) is 12.1 Å². The molecule has 2 fully saturated rings. The Morgan fingerprint density at radius 3 is 2.59 bits per heavy atom. The Labute approximate surface area is 174 Å². The number of hydrogen-bond acceptors (Lipinski definition) is 2. The molecule has 1 saturated carbocycles. The van der Waals surface area contributed by atoms with Gasteiger partial charge in [-0.2, -0.15) is 13.2 Å². The number of primary amides is 1. The molecular weight excluding hydrogens is 421 g/mol. The molecule has 5 nitrogen and oxygen atoms in total. The van der Waals surface area contributed by atoms with E-state index in [1.54, 1.807) is 5.32 Å². The van der Waals surface area contributed by atoms with Crippen molar-refractivity contribution in [3.05, 3.63) is 34.4 Å². The molecular formula is C18H19ClF5N3O2. The van der Waals surface area contributed by atoms with Gasteiger partial charge in [-0.3, -0.25) is 4.79 Å². The fourth-order valence-corrected chi connectivity index (χ4v) is 4.22. The lowest BCUT2D eigenvalue weighted by molar-refractivity contribution is -0.209. The number of nitrogens with two attached hydrogens (primary N) is 1. The van der Waals surface area contributed by atoms with E-state index in [4.69, 9.17) is 22.8 Å². The molecule has 3 rings (SSSR count). The highest BCUT2D eigenvalue weighted by atomic mass is 35.5. The van der Waals surface area contributed by atoms with Crippen molar-refractivity contribution in [3.63, 3.8) is 0 Å². The molecule has 0 spiro atoms. The number of nitrogens with zero attached hydrogens (tertiary/aromatic N) is 1. The van der Waals surface area contributed by atoms with Crippen molar-refractivity contribution in [2.24, 2.45) is 17.6 Å². The largest absolute Gasteiger partial charge is 0.391 e. The third-order valence-corrected chi connectivity index (χ3v) is 5.95. The standard InChI is InChI=1S/C18H19ClF5N3O2/c1-17(15(28)26-4-5-27(17)16(25)29)12(8-6-9(7-8)18(22,23)24)10-2-3-11(20)13(19)14(10)21/h2-3,8-9,12H,4-7H2,1H3,(H2,25,29)(H,26,28)/t8?,9?,12-,17?/m0/s1/i4D2,5D2. The zero-order valence-corrected chi connectivity index (χ0v) is 15.7. The van der Waals surface area contributed by atoms with Crippen LogP contribution in [0.4, 0.5) is 26.7 Å². The number of piperazine rings is 1. The van der Waals surface area contributed by atoms with Crippen molar-refractivity contribution in [3.8, 4) is 0 Å². The van der Waals surface area contributed by atoms with Crippen LogP contribution >= 0.6 is 11.6 Å². The maximum atomic E-state index is 15.1. The van der Waals surface area contributed by atoms with Crippen LogP contribution in [0.1, 0.15) is 36.7 Å². The maximum Gasteiger partial charge on any atom is 0.391 e. The number of rotatable bonds is 3. The van der Waals surface area contributed by atoms with E-state index < -0.39 is 89.5 Å². The molecule has 1 unspecified atom stereocenters. The van der Waals surface area contributed by atoms with Crippen LogP contribution in [0.3, 0.4) is 0 Å². The monoisotopic (exact) mass is 443 g/mol. The zero-order chi connectivity index (χ0) is 25.3. The van der Waals surface area contributed by atoms with E-state index in [0.717, 1.165) is 19.1 Å². The normalized spacial score (nSPS) is 34.0. The molecule has 1 aromatic rings. The van der Waals surface area contributed by atoms with Gasteiger partial charge in [-0.15, -0.1) is 0 Å². The Morgan fingerprint density at radius 1 is 1.41 bits per heavy atom. The summed E-state index contributed by atoms with van der Waals surface area (Å²) in [4.78, 5) is 25.5. The number of benzene rings is 1. The second kappa shape index (κ2) is 7.30. The fourth-order valence-electron chi connectivity index (χ4n) is 4.05. The van der Waals surface area contributed by atoms with Crippen molar-refractivity contribution in [1.82, 2.24) is 10.2 Å². The SMILES string of the molecule is [2H]C1([2H])NC(=O)C(C)([C@H](c2ccc(F)c(Cl)c2F)C2CC(C(F)(F)F)C2)N(C(N)=O)C1([2H])[2H]. The summed E-state index contributed by atoms with van der Waals surface area (Å²) in [6, 6.07) is -0.0367. The van der Waals surface area contributed by atoms with Gasteiger partial charge in [0.15, 0.2) is 0 Å². The number of urea groups is 1. The van der Waals surface area contributed by atoms with Gasteiger partial charge in [0, 0.05) is 18.9 Å². The molecule has 160 valence electrons. The first-order valence-electron chi connectivity index (χ1n) is 10.5. The van der Waals surface area contributed by atoms with Crippen LogP contribution in [0.2, 0.25) is 5.02 Å². The second-order valence-corrected chi connectivity index (χ2v) is 7.60. The van der Waals surface area contributed by atoms with Crippen molar-refractivity contribution >= 4 is 23.5 Å². The minimum absolute atomic E-state index is 0.0706. The van der Waals surface area contributed by atoms with E-state index in [9.17, 15) is 27.2 Å². The predicted molar refractivity (Wildman–Crippen MR) is 94.1 cm³/mol. The van der Waals surface area contributed by atoms with E-state index >= 15 is 4.39 Å². The maximum absolute atomic E-state index is 15.1. The van der Waals surface area contributed by atoms with Gasteiger partial charge < -0.3 is 16.0 Å². The molecule has 11 heteroatoms. The van der Waals surface area contributed by atoms with Gasteiger partial charge in [-0.25, -0.2) is 13.6 Å². The molecule has 3 N–H and O–H groups in total. The van der Waals surface area contributed by atoms with Crippen LogP contribution in [0, 0.1) is 23.5 Å². The highest BCUT2D eigenvalue weighted by Crippen LogP contribution is 2.55. The fraction of sp³-hybridized carbons (Fsp3) is 0.556. The Bertz CT molecular complexity index is 1010. The summed E-state index contributed by atoms with van der Waals surface area (Å²) in [6.07, 6.45) is -5.80. The first kappa shape index (κ1) is 16.7. The summed E-state index contributed by atoms with van der Waals surface area (Å²) in [5, 5.41) is 0.773. The van der Waals surface area contributed by atoms with Gasteiger partial charge in [0.25, 0.3) is 0 Å². The number of hydrogen-bond donors (Lipinski definition) is 2. The Balaban J connectivity index is 2.24. The second-order valence-electron chi connectivity index (χ2n) is 7.22. The Kier molecular flexibility index (Phi) is 4.20. The molecule has 1 aliphatic carbocycles. The van der Waals surface area contributed by atoms with Crippen molar-refractivity contribution < 1.29 is 37.0 Å². The molecule has 1 heterocycles. The third kappa shape index (κ3) is 3.51. The molecule has 3 amide bonds. The molecule has 1 aromatic carbocycles. The third-order valence-electron chi connectivity index (χ3n) is 5.60. The summed E-state index contributed by atoms with van der Waals surface area (Å²) in [5.74, 6) is -8.51. The van der Waals surface area contributed by atoms with E-state index in [0.29, 0.717) is 0 Å². The highest BCUT2D eigenvalue weighted by molar-refractivity contribution is 6.31. The predicted octanol–water partition coefficient (Wildman–Crippen LogP) is 3.56. The average molecular weight is 444 g/mol. The minimum Gasteiger partial charge on any atom is -0.352 e. The van der Waals surface area contributed by atoms with Gasteiger partial charge >= 0.3 is 12.2 Å². The molecule has 0 bridgehead atoms. The molecule has 2 aliphatic rings. The number of carbonyl (C=O) groups excluding carboxylic acids is 2. The first-order chi connectivity index (χ1) is 14.9. The number of halogens is 6. The van der Waals surface area contributed by atoms with Gasteiger partial charge in [0.2, 0.25) is 5.91 Å².